The molecule has 1 fully saturated rings. The van der Waals surface area contributed by atoms with E-state index in [0.717, 1.165) is 25.0 Å². The Morgan fingerprint density at radius 2 is 2.14 bits per heavy atom. The highest BCUT2D eigenvalue weighted by Gasteiger charge is 2.24. The Morgan fingerprint density at radius 1 is 1.38 bits per heavy atom. The van der Waals surface area contributed by atoms with Crippen LogP contribution in [0.2, 0.25) is 0 Å². The van der Waals surface area contributed by atoms with Crippen LogP contribution >= 0.6 is 0 Å². The van der Waals surface area contributed by atoms with Gasteiger partial charge in [-0.05, 0) is 30.9 Å². The van der Waals surface area contributed by atoms with E-state index in [1.807, 2.05) is 0 Å². The van der Waals surface area contributed by atoms with Gasteiger partial charge in [0.15, 0.2) is 5.82 Å². The number of benzene rings is 1. The van der Waals surface area contributed by atoms with Crippen LogP contribution in [0.3, 0.4) is 0 Å². The quantitative estimate of drug-likeness (QED) is 0.853. The lowest BCUT2D eigenvalue weighted by molar-refractivity contribution is 0.0568. The number of aliphatic hydroxyl groups excluding tert-OH is 1. The third-order valence-corrected chi connectivity index (χ3v) is 4.86. The molecule has 1 heterocycles. The SMILES string of the molecule is O=S(=O)(NCC1CCCOC1)c1ccc(F)c(CO)c1F. The molecule has 1 unspecified atom stereocenters. The van der Waals surface area contributed by atoms with Crippen LogP contribution in [0.25, 0.3) is 0 Å². The molecule has 0 radical (unpaired) electrons. The average molecular weight is 321 g/mol. The molecule has 1 aromatic rings. The van der Waals surface area contributed by atoms with Crippen molar-refractivity contribution in [2.45, 2.75) is 24.3 Å². The normalized spacial score (nSPS) is 19.7. The maximum Gasteiger partial charge on any atom is 0.243 e. The van der Waals surface area contributed by atoms with Crippen LogP contribution in [0.4, 0.5) is 8.78 Å². The second kappa shape index (κ2) is 6.78. The second-order valence-electron chi connectivity index (χ2n) is 4.93. The Hall–Kier alpha value is -1.09. The second-order valence-corrected chi connectivity index (χ2v) is 6.67. The van der Waals surface area contributed by atoms with Crippen molar-refractivity contribution >= 4 is 10.0 Å². The lowest BCUT2D eigenvalue weighted by atomic mass is 10.0. The molecule has 0 aromatic heterocycles. The summed E-state index contributed by atoms with van der Waals surface area (Å²) in [6.45, 7) is 0.344. The molecule has 1 aliphatic rings. The van der Waals surface area contributed by atoms with E-state index in [9.17, 15) is 17.2 Å². The van der Waals surface area contributed by atoms with Crippen LogP contribution in [-0.2, 0) is 21.4 Å². The smallest absolute Gasteiger partial charge is 0.243 e. The fraction of sp³-hybridized carbons (Fsp3) is 0.538. The van der Waals surface area contributed by atoms with Crippen molar-refractivity contribution in [3.05, 3.63) is 29.3 Å². The van der Waals surface area contributed by atoms with E-state index in [1.54, 1.807) is 0 Å². The molecule has 118 valence electrons. The maximum absolute atomic E-state index is 14.0. The molecule has 2 N–H and O–H groups in total. The molecule has 0 amide bonds. The summed E-state index contributed by atoms with van der Waals surface area (Å²) < 4.78 is 58.9. The van der Waals surface area contributed by atoms with Gasteiger partial charge in [-0.25, -0.2) is 21.9 Å². The van der Waals surface area contributed by atoms with Crippen LogP contribution in [0, 0.1) is 17.6 Å². The van der Waals surface area contributed by atoms with Gasteiger partial charge in [-0.3, -0.25) is 0 Å². The van der Waals surface area contributed by atoms with Crippen LogP contribution in [-0.4, -0.2) is 33.3 Å². The number of halogens is 2. The van der Waals surface area contributed by atoms with Crippen molar-refractivity contribution in [2.24, 2.45) is 5.92 Å². The molecule has 0 aliphatic carbocycles. The van der Waals surface area contributed by atoms with Gasteiger partial charge in [0, 0.05) is 13.2 Å². The van der Waals surface area contributed by atoms with E-state index in [4.69, 9.17) is 9.84 Å². The van der Waals surface area contributed by atoms with E-state index in [2.05, 4.69) is 4.72 Å². The van der Waals surface area contributed by atoms with Gasteiger partial charge >= 0.3 is 0 Å². The highest BCUT2D eigenvalue weighted by Crippen LogP contribution is 2.21. The van der Waals surface area contributed by atoms with E-state index in [0.29, 0.717) is 13.2 Å². The molecule has 5 nitrogen and oxygen atoms in total. The molecule has 0 bridgehead atoms. The van der Waals surface area contributed by atoms with Gasteiger partial charge in [-0.1, -0.05) is 0 Å². The monoisotopic (exact) mass is 321 g/mol. The minimum absolute atomic E-state index is 0.0364. The summed E-state index contributed by atoms with van der Waals surface area (Å²) >= 11 is 0. The minimum atomic E-state index is -4.10. The highest BCUT2D eigenvalue weighted by atomic mass is 32.2. The molecule has 1 aromatic carbocycles. The first-order valence-corrected chi connectivity index (χ1v) is 8.09. The van der Waals surface area contributed by atoms with Gasteiger partial charge in [-0.2, -0.15) is 0 Å². The first kappa shape index (κ1) is 16.3. The van der Waals surface area contributed by atoms with Crippen molar-refractivity contribution < 1.29 is 27.0 Å². The van der Waals surface area contributed by atoms with Gasteiger partial charge < -0.3 is 9.84 Å². The molecule has 21 heavy (non-hydrogen) atoms. The fourth-order valence-corrected chi connectivity index (χ4v) is 3.42. The lowest BCUT2D eigenvalue weighted by Crippen LogP contribution is -2.33. The van der Waals surface area contributed by atoms with Crippen molar-refractivity contribution in [2.75, 3.05) is 19.8 Å². The summed E-state index contributed by atoms with van der Waals surface area (Å²) in [5, 5.41) is 8.91. The zero-order valence-electron chi connectivity index (χ0n) is 11.3. The third kappa shape index (κ3) is 3.76. The molecule has 2 rings (SSSR count). The summed E-state index contributed by atoms with van der Waals surface area (Å²) in [4.78, 5) is -0.662. The van der Waals surface area contributed by atoms with E-state index >= 15 is 0 Å². The number of nitrogens with one attached hydrogen (secondary N) is 1. The Bertz CT molecular complexity index is 600. The van der Waals surface area contributed by atoms with Crippen molar-refractivity contribution in [1.29, 1.82) is 0 Å². The van der Waals surface area contributed by atoms with Crippen LogP contribution < -0.4 is 4.72 Å². The summed E-state index contributed by atoms with van der Waals surface area (Å²) in [7, 11) is -4.10. The first-order valence-electron chi connectivity index (χ1n) is 6.61. The molecule has 0 saturated carbocycles. The van der Waals surface area contributed by atoms with Crippen molar-refractivity contribution in [3.8, 4) is 0 Å². The van der Waals surface area contributed by atoms with Crippen molar-refractivity contribution in [1.82, 2.24) is 4.72 Å². The molecule has 1 aliphatic heterocycles. The largest absolute Gasteiger partial charge is 0.391 e. The topological polar surface area (TPSA) is 75.6 Å². The Balaban J connectivity index is 2.15. The lowest BCUT2D eigenvalue weighted by Gasteiger charge is -2.22. The van der Waals surface area contributed by atoms with Crippen LogP contribution in [0.1, 0.15) is 18.4 Å². The van der Waals surface area contributed by atoms with Gasteiger partial charge in [0.1, 0.15) is 10.7 Å². The molecular weight excluding hydrogens is 304 g/mol. The summed E-state index contributed by atoms with van der Waals surface area (Å²) in [5.74, 6) is -2.20. The number of hydrogen-bond acceptors (Lipinski definition) is 4. The molecule has 1 saturated heterocycles. The van der Waals surface area contributed by atoms with Crippen LogP contribution in [0.15, 0.2) is 17.0 Å². The van der Waals surface area contributed by atoms with Gasteiger partial charge in [-0.15, -0.1) is 0 Å². The van der Waals surface area contributed by atoms with Gasteiger partial charge in [0.2, 0.25) is 10.0 Å². The number of hydrogen-bond donors (Lipinski definition) is 2. The highest BCUT2D eigenvalue weighted by molar-refractivity contribution is 7.89. The minimum Gasteiger partial charge on any atom is -0.391 e. The molecule has 0 spiro atoms. The number of ether oxygens (including phenoxy) is 1. The van der Waals surface area contributed by atoms with Crippen LogP contribution in [0.5, 0.6) is 0 Å². The van der Waals surface area contributed by atoms with E-state index in [-0.39, 0.29) is 12.5 Å². The van der Waals surface area contributed by atoms with E-state index in [1.165, 1.54) is 0 Å². The average Bonchev–Trinajstić information content (AvgIpc) is 2.46. The molecule has 8 heteroatoms. The number of aliphatic hydroxyl groups is 1. The van der Waals surface area contributed by atoms with Gasteiger partial charge in [0.05, 0.1) is 18.8 Å². The number of rotatable bonds is 5. The summed E-state index contributed by atoms with van der Waals surface area (Å²) in [5.41, 5.74) is -0.654. The zero-order valence-corrected chi connectivity index (χ0v) is 12.1. The Kier molecular flexibility index (Phi) is 5.26. The third-order valence-electron chi connectivity index (χ3n) is 3.41. The predicted octanol–water partition coefficient (Wildman–Crippen LogP) is 1.16. The Morgan fingerprint density at radius 3 is 2.76 bits per heavy atom. The first-order chi connectivity index (χ1) is 9.95. The predicted molar refractivity (Wildman–Crippen MR) is 71.0 cm³/mol. The maximum atomic E-state index is 14.0. The van der Waals surface area contributed by atoms with Crippen molar-refractivity contribution in [3.63, 3.8) is 0 Å². The molecule has 1 atom stereocenters. The molecular formula is C13H17F2NO4S. The number of sulfonamides is 1. The Labute approximate surface area is 122 Å². The summed E-state index contributed by atoms with van der Waals surface area (Å²) in [6, 6.07) is 1.68. The summed E-state index contributed by atoms with van der Waals surface area (Å²) in [6.07, 6.45) is 1.68. The van der Waals surface area contributed by atoms with Gasteiger partial charge in [0.25, 0.3) is 0 Å². The standard InChI is InChI=1S/C13H17F2NO4S/c14-11-3-4-12(13(15)10(11)7-17)21(18,19)16-6-9-2-1-5-20-8-9/h3-4,9,16-17H,1-2,5-8H2. The van der Waals surface area contributed by atoms with E-state index < -0.39 is 38.7 Å². The zero-order chi connectivity index (χ0) is 15.5. The fourth-order valence-electron chi connectivity index (χ4n) is 2.20.